The van der Waals surface area contributed by atoms with Crippen LogP contribution in [0.4, 0.5) is 11.4 Å². The molecule has 0 heterocycles. The molecule has 2 aliphatic carbocycles. The molecule has 6 rings (SSSR count). The van der Waals surface area contributed by atoms with E-state index >= 15 is 0 Å². The van der Waals surface area contributed by atoms with Crippen LogP contribution in [0.25, 0.3) is 28.3 Å². The third-order valence-electron chi connectivity index (χ3n) is 8.13. The Balaban J connectivity index is 1.48. The zero-order valence-corrected chi connectivity index (χ0v) is 24.8. The molecule has 43 heavy (non-hydrogen) atoms. The zero-order valence-electron chi connectivity index (χ0n) is 24.8. The monoisotopic (exact) mass is 555 g/mol. The number of fused-ring (bicyclic) bond motifs is 3. The maximum Gasteiger partial charge on any atom is 0.0500 e. The second kappa shape index (κ2) is 13.2. The third kappa shape index (κ3) is 6.08. The molecule has 0 saturated carbocycles. The van der Waals surface area contributed by atoms with Gasteiger partial charge in [0.1, 0.15) is 0 Å². The number of hydrogen-bond donors (Lipinski definition) is 0. The molecular weight excluding hydrogens is 518 g/mol. The average molecular weight is 556 g/mol. The van der Waals surface area contributed by atoms with Gasteiger partial charge in [0.2, 0.25) is 0 Å². The van der Waals surface area contributed by atoms with Crippen molar-refractivity contribution in [2.75, 3.05) is 4.90 Å². The summed E-state index contributed by atoms with van der Waals surface area (Å²) in [7, 11) is 0. The first-order chi connectivity index (χ1) is 21.3. The van der Waals surface area contributed by atoms with Crippen molar-refractivity contribution in [1.82, 2.24) is 0 Å². The maximum absolute atomic E-state index is 3.75. The lowest BCUT2D eigenvalue weighted by molar-refractivity contribution is 0.889. The van der Waals surface area contributed by atoms with Gasteiger partial charge < -0.3 is 4.90 Å². The van der Waals surface area contributed by atoms with E-state index in [2.05, 4.69) is 151 Å². The van der Waals surface area contributed by atoms with Gasteiger partial charge in [-0.3, -0.25) is 0 Å². The van der Waals surface area contributed by atoms with Gasteiger partial charge in [0.25, 0.3) is 0 Å². The maximum atomic E-state index is 3.75. The van der Waals surface area contributed by atoms with Crippen LogP contribution in [0.15, 0.2) is 170 Å². The van der Waals surface area contributed by atoms with E-state index in [0.717, 1.165) is 19.3 Å². The molecule has 0 spiro atoms. The Kier molecular flexibility index (Phi) is 8.61. The molecule has 0 saturated heterocycles. The Bertz CT molecular complexity index is 1790. The molecule has 0 atom stereocenters. The fourth-order valence-corrected chi connectivity index (χ4v) is 6.06. The summed E-state index contributed by atoms with van der Waals surface area (Å²) < 4.78 is 0. The fourth-order valence-electron chi connectivity index (χ4n) is 6.06. The van der Waals surface area contributed by atoms with Crippen LogP contribution in [0.1, 0.15) is 36.5 Å². The molecule has 0 aliphatic heterocycles. The summed E-state index contributed by atoms with van der Waals surface area (Å²) in [5, 5.41) is 0. The zero-order chi connectivity index (χ0) is 29.4. The number of hydrogen-bond acceptors (Lipinski definition) is 1. The minimum atomic E-state index is 0.926. The van der Waals surface area contributed by atoms with Crippen LogP contribution in [-0.4, -0.2) is 0 Å². The van der Waals surface area contributed by atoms with E-state index in [1.54, 1.807) is 6.08 Å². The molecule has 210 valence electrons. The van der Waals surface area contributed by atoms with Gasteiger partial charge in [-0.2, -0.15) is 0 Å². The van der Waals surface area contributed by atoms with Crippen LogP contribution >= 0.6 is 0 Å². The van der Waals surface area contributed by atoms with Crippen molar-refractivity contribution in [2.24, 2.45) is 0 Å². The molecule has 0 fully saturated rings. The molecule has 0 unspecified atom stereocenters. The van der Waals surface area contributed by atoms with E-state index < -0.39 is 0 Å². The second-order valence-electron chi connectivity index (χ2n) is 10.9. The molecule has 2 aliphatic rings. The lowest BCUT2D eigenvalue weighted by Crippen LogP contribution is -2.19. The highest BCUT2D eigenvalue weighted by atomic mass is 15.2. The molecule has 0 amide bonds. The first-order valence-corrected chi connectivity index (χ1v) is 15.1. The first kappa shape index (κ1) is 28.0. The van der Waals surface area contributed by atoms with Gasteiger partial charge in [-0.1, -0.05) is 140 Å². The van der Waals surface area contributed by atoms with E-state index in [0.29, 0.717) is 0 Å². The predicted molar refractivity (Wildman–Crippen MR) is 186 cm³/mol. The summed E-state index contributed by atoms with van der Waals surface area (Å²) in [4.78, 5) is 2.49. The van der Waals surface area contributed by atoms with Gasteiger partial charge in [0, 0.05) is 23.5 Å². The van der Waals surface area contributed by atoms with Gasteiger partial charge in [-0.25, -0.2) is 0 Å². The second-order valence-corrected chi connectivity index (χ2v) is 10.9. The van der Waals surface area contributed by atoms with Crippen molar-refractivity contribution in [3.63, 3.8) is 0 Å². The standard InChI is InChI=1S/C42H37N/c1-3-5-7-10-16-33-23-27-37(28-24-33)43(36-25-21-32(22-26-36)15-9-6-4-2)41-30-29-39(34-17-11-8-12-18-34)42-38-20-14-13-19-35(38)31-40(41)42/h3-21,23-25,27-30H,1,22,26,31H2,2H3/b6-4-,7-5-,15-9-,16-10?. The van der Waals surface area contributed by atoms with Crippen LogP contribution in [0, 0.1) is 0 Å². The normalized spacial score (nSPS) is 14.3. The number of benzene rings is 4. The van der Waals surface area contributed by atoms with Crippen LogP contribution in [0.5, 0.6) is 0 Å². The fraction of sp³-hybridized carbons (Fsp3) is 0.0952. The van der Waals surface area contributed by atoms with Gasteiger partial charge in [-0.05, 0) is 88.6 Å². The molecule has 1 heteroatoms. The lowest BCUT2D eigenvalue weighted by atomic mass is 9.92. The minimum absolute atomic E-state index is 0.926. The van der Waals surface area contributed by atoms with E-state index in [9.17, 15) is 0 Å². The molecule has 0 bridgehead atoms. The van der Waals surface area contributed by atoms with Crippen LogP contribution < -0.4 is 4.90 Å². The van der Waals surface area contributed by atoms with E-state index in [1.807, 2.05) is 19.1 Å². The average Bonchev–Trinajstić information content (AvgIpc) is 3.45. The highest BCUT2D eigenvalue weighted by molar-refractivity contribution is 5.95. The summed E-state index contributed by atoms with van der Waals surface area (Å²) in [5.74, 6) is 0. The molecule has 4 aromatic rings. The molecule has 0 N–H and O–H groups in total. The Hall–Kier alpha value is -5.14. The van der Waals surface area contributed by atoms with Crippen molar-refractivity contribution in [1.29, 1.82) is 0 Å². The van der Waals surface area contributed by atoms with Crippen molar-refractivity contribution < 1.29 is 0 Å². The van der Waals surface area contributed by atoms with Crippen molar-refractivity contribution in [3.8, 4) is 22.3 Å². The van der Waals surface area contributed by atoms with Gasteiger partial charge in [0.05, 0.1) is 0 Å². The van der Waals surface area contributed by atoms with Crippen molar-refractivity contribution >= 4 is 17.5 Å². The molecular formula is C42H37N. The number of allylic oxidation sites excluding steroid dienone is 12. The Morgan fingerprint density at radius 1 is 0.674 bits per heavy atom. The van der Waals surface area contributed by atoms with Gasteiger partial charge in [0.15, 0.2) is 0 Å². The largest absolute Gasteiger partial charge is 0.314 e. The molecule has 4 aromatic carbocycles. The SMILES string of the molecule is C=C/C=C\C=Cc1ccc(N(C2=CC=C(/C=C\C=C/C)CC2)c2ccc(-c3ccccc3)c3c2Cc2ccccc2-3)cc1. The third-order valence-corrected chi connectivity index (χ3v) is 8.13. The molecule has 0 radical (unpaired) electrons. The molecule has 0 aromatic heterocycles. The first-order valence-electron chi connectivity index (χ1n) is 15.1. The predicted octanol–water partition coefficient (Wildman–Crippen LogP) is 11.6. The number of anilines is 2. The quantitative estimate of drug-likeness (QED) is 0.164. The summed E-state index contributed by atoms with van der Waals surface area (Å²) in [6.45, 7) is 5.80. The Labute approximate surface area is 256 Å². The van der Waals surface area contributed by atoms with E-state index in [-0.39, 0.29) is 0 Å². The van der Waals surface area contributed by atoms with Crippen molar-refractivity contribution in [3.05, 3.63) is 186 Å². The smallest absolute Gasteiger partial charge is 0.0500 e. The van der Waals surface area contributed by atoms with Crippen LogP contribution in [0.3, 0.4) is 0 Å². The lowest BCUT2D eigenvalue weighted by Gasteiger charge is -2.32. The summed E-state index contributed by atoms with van der Waals surface area (Å²) in [6.07, 6.45) is 25.9. The Morgan fingerprint density at radius 2 is 1.47 bits per heavy atom. The van der Waals surface area contributed by atoms with Crippen LogP contribution in [0.2, 0.25) is 0 Å². The van der Waals surface area contributed by atoms with Crippen molar-refractivity contribution in [2.45, 2.75) is 26.2 Å². The van der Waals surface area contributed by atoms with Crippen LogP contribution in [-0.2, 0) is 6.42 Å². The Morgan fingerprint density at radius 3 is 2.23 bits per heavy atom. The summed E-state index contributed by atoms with van der Waals surface area (Å²) in [5.41, 5.74) is 14.3. The topological polar surface area (TPSA) is 3.24 Å². The number of nitrogens with zero attached hydrogens (tertiary/aromatic N) is 1. The highest BCUT2D eigenvalue weighted by Crippen LogP contribution is 2.49. The van der Waals surface area contributed by atoms with E-state index in [1.165, 1.54) is 61.6 Å². The van der Waals surface area contributed by atoms with E-state index in [4.69, 9.17) is 0 Å². The minimum Gasteiger partial charge on any atom is -0.314 e. The van der Waals surface area contributed by atoms with Gasteiger partial charge >= 0.3 is 0 Å². The number of rotatable bonds is 9. The van der Waals surface area contributed by atoms with Gasteiger partial charge in [-0.15, -0.1) is 0 Å². The summed E-state index contributed by atoms with van der Waals surface area (Å²) >= 11 is 0. The summed E-state index contributed by atoms with van der Waals surface area (Å²) in [6, 6.07) is 33.3. The molecule has 1 nitrogen and oxygen atoms in total. The highest BCUT2D eigenvalue weighted by Gasteiger charge is 2.28.